The Labute approximate surface area is 156 Å². The van der Waals surface area contributed by atoms with E-state index in [1.54, 1.807) is 11.1 Å². The maximum atomic E-state index is 12.9. The number of rotatable bonds is 3. The predicted molar refractivity (Wildman–Crippen MR) is 95.0 cm³/mol. The minimum absolute atomic E-state index is 0.0550. The summed E-state index contributed by atoms with van der Waals surface area (Å²) in [5.74, 6) is -0.0685. The van der Waals surface area contributed by atoms with Gasteiger partial charge in [0.1, 0.15) is 0 Å². The Kier molecular flexibility index (Phi) is 4.65. The van der Waals surface area contributed by atoms with Crippen LogP contribution in [0.3, 0.4) is 0 Å². The number of aliphatic hydroxyl groups is 1. The predicted octanol–water partition coefficient (Wildman–Crippen LogP) is 1.15. The molecule has 8 heteroatoms. The van der Waals surface area contributed by atoms with Crippen LogP contribution in [0, 0.1) is 11.8 Å². The molecule has 1 amide bonds. The highest BCUT2D eigenvalue weighted by Gasteiger charge is 2.43. The number of nitrogens with zero attached hydrogens (tertiary/aromatic N) is 4. The number of ether oxygens (including phenoxy) is 1. The molecule has 1 N–H and O–H groups in total. The first-order chi connectivity index (χ1) is 13.1. The normalized spacial score (nSPS) is 27.3. The maximum absolute atomic E-state index is 12.9. The van der Waals surface area contributed by atoms with E-state index in [1.807, 2.05) is 16.9 Å². The Balaban J connectivity index is 1.48. The third-order valence-corrected chi connectivity index (χ3v) is 5.67. The van der Waals surface area contributed by atoms with Crippen molar-refractivity contribution in [2.45, 2.75) is 25.0 Å². The fraction of sp³-hybridized carbons (Fsp3) is 0.474. The van der Waals surface area contributed by atoms with Gasteiger partial charge in [-0.15, -0.1) is 0 Å². The zero-order valence-electron chi connectivity index (χ0n) is 15.1. The minimum Gasteiger partial charge on any atom is -0.465 e. The van der Waals surface area contributed by atoms with Gasteiger partial charge in [0.25, 0.3) is 5.91 Å². The molecule has 0 unspecified atom stereocenters. The lowest BCUT2D eigenvalue weighted by atomic mass is 9.77. The van der Waals surface area contributed by atoms with Gasteiger partial charge in [0, 0.05) is 37.9 Å². The lowest BCUT2D eigenvalue weighted by Crippen LogP contribution is -2.36. The lowest BCUT2D eigenvalue weighted by molar-refractivity contribution is 0.0306. The highest BCUT2D eigenvalue weighted by molar-refractivity contribution is 5.97. The largest absolute Gasteiger partial charge is 0.465 e. The Morgan fingerprint density at radius 1 is 1.19 bits per heavy atom. The van der Waals surface area contributed by atoms with Gasteiger partial charge in [-0.2, -0.15) is 5.10 Å². The van der Waals surface area contributed by atoms with E-state index in [1.165, 1.54) is 25.6 Å². The Hall–Kier alpha value is -2.74. The number of pyridine rings is 1. The summed E-state index contributed by atoms with van der Waals surface area (Å²) >= 11 is 0. The van der Waals surface area contributed by atoms with Gasteiger partial charge in [-0.3, -0.25) is 14.5 Å². The summed E-state index contributed by atoms with van der Waals surface area (Å²) in [7, 11) is 1.29. The first-order valence-electron chi connectivity index (χ1n) is 9.06. The van der Waals surface area contributed by atoms with Crippen LogP contribution in [0.5, 0.6) is 0 Å². The summed E-state index contributed by atoms with van der Waals surface area (Å²) in [6.07, 6.45) is 7.42. The summed E-state index contributed by atoms with van der Waals surface area (Å²) in [4.78, 5) is 30.4. The maximum Gasteiger partial charge on any atom is 0.339 e. The second-order valence-electron chi connectivity index (χ2n) is 7.28. The summed E-state index contributed by atoms with van der Waals surface area (Å²) in [6.45, 7) is 1.24. The molecule has 27 heavy (non-hydrogen) atoms. The van der Waals surface area contributed by atoms with E-state index in [2.05, 4.69) is 10.1 Å². The Bertz CT molecular complexity index is 838. The topological polar surface area (TPSA) is 97.6 Å². The van der Waals surface area contributed by atoms with Gasteiger partial charge < -0.3 is 14.7 Å². The van der Waals surface area contributed by atoms with Crippen molar-refractivity contribution in [3.05, 3.63) is 48.0 Å². The van der Waals surface area contributed by atoms with E-state index in [-0.39, 0.29) is 23.4 Å². The molecule has 2 aromatic rings. The van der Waals surface area contributed by atoms with Crippen LogP contribution in [0.1, 0.15) is 39.6 Å². The third-order valence-electron chi connectivity index (χ3n) is 5.67. The van der Waals surface area contributed by atoms with Crippen molar-refractivity contribution < 1.29 is 19.4 Å². The van der Waals surface area contributed by atoms with Gasteiger partial charge in [0.05, 0.1) is 30.4 Å². The van der Waals surface area contributed by atoms with Crippen molar-refractivity contribution in [2.24, 2.45) is 11.8 Å². The van der Waals surface area contributed by atoms with E-state index in [9.17, 15) is 14.7 Å². The lowest BCUT2D eigenvalue weighted by Gasteiger charge is -2.35. The second kappa shape index (κ2) is 7.11. The number of carbonyl (C=O) groups excluding carboxylic acids is 2. The smallest absolute Gasteiger partial charge is 0.339 e. The summed E-state index contributed by atoms with van der Waals surface area (Å²) in [5, 5.41) is 14.8. The molecule has 0 bridgehead atoms. The Morgan fingerprint density at radius 2 is 1.93 bits per heavy atom. The average molecular weight is 370 g/mol. The van der Waals surface area contributed by atoms with Crippen molar-refractivity contribution in [1.82, 2.24) is 19.7 Å². The first kappa shape index (κ1) is 17.7. The standard InChI is InChI=1S/C19H22N4O4/c1-27-19(26)13-5-12(8-20-9-13)18(25)22-10-14-6-16(23-4-2-3-21-23)17(24)7-15(14)11-22/h2-5,8-9,14-17,24H,6-7,10-11H2,1H3/t14-,15+,16-,17-/m1/s1. The van der Waals surface area contributed by atoms with Crippen LogP contribution in [0.2, 0.25) is 0 Å². The van der Waals surface area contributed by atoms with Gasteiger partial charge in [-0.1, -0.05) is 0 Å². The molecule has 0 aromatic carbocycles. The van der Waals surface area contributed by atoms with Crippen molar-refractivity contribution in [2.75, 3.05) is 20.2 Å². The van der Waals surface area contributed by atoms with Gasteiger partial charge in [-0.25, -0.2) is 4.79 Å². The highest BCUT2D eigenvalue weighted by Crippen LogP contribution is 2.41. The first-order valence-corrected chi connectivity index (χ1v) is 9.06. The molecule has 2 fully saturated rings. The molecular weight excluding hydrogens is 348 g/mol. The number of amides is 1. The quantitative estimate of drug-likeness (QED) is 0.814. The number of hydrogen-bond donors (Lipinski definition) is 1. The van der Waals surface area contributed by atoms with Crippen molar-refractivity contribution in [3.63, 3.8) is 0 Å². The molecule has 1 saturated carbocycles. The number of methoxy groups -OCH3 is 1. The van der Waals surface area contributed by atoms with Crippen LogP contribution in [0.4, 0.5) is 0 Å². The van der Waals surface area contributed by atoms with E-state index in [0.29, 0.717) is 31.0 Å². The number of esters is 1. The fourth-order valence-corrected chi connectivity index (χ4v) is 4.30. The van der Waals surface area contributed by atoms with Crippen LogP contribution < -0.4 is 0 Å². The number of carbonyl (C=O) groups is 2. The molecular formula is C19H22N4O4. The molecule has 2 aliphatic rings. The highest BCUT2D eigenvalue weighted by atomic mass is 16.5. The molecule has 8 nitrogen and oxygen atoms in total. The molecule has 1 aliphatic heterocycles. The van der Waals surface area contributed by atoms with Crippen LogP contribution >= 0.6 is 0 Å². The number of aromatic nitrogens is 3. The zero-order valence-corrected chi connectivity index (χ0v) is 15.1. The molecule has 142 valence electrons. The summed E-state index contributed by atoms with van der Waals surface area (Å²) < 4.78 is 6.51. The molecule has 2 aromatic heterocycles. The number of hydrogen-bond acceptors (Lipinski definition) is 6. The van der Waals surface area contributed by atoms with Crippen molar-refractivity contribution >= 4 is 11.9 Å². The molecule has 3 heterocycles. The van der Waals surface area contributed by atoms with E-state index >= 15 is 0 Å². The van der Waals surface area contributed by atoms with Crippen LogP contribution in [0.25, 0.3) is 0 Å². The van der Waals surface area contributed by atoms with Gasteiger partial charge >= 0.3 is 5.97 Å². The molecule has 4 atom stereocenters. The average Bonchev–Trinajstić information content (AvgIpc) is 3.35. The van der Waals surface area contributed by atoms with Crippen LogP contribution in [0.15, 0.2) is 36.9 Å². The van der Waals surface area contributed by atoms with Crippen molar-refractivity contribution in [3.8, 4) is 0 Å². The fourth-order valence-electron chi connectivity index (χ4n) is 4.30. The summed E-state index contributed by atoms with van der Waals surface area (Å²) in [5.41, 5.74) is 0.634. The summed E-state index contributed by atoms with van der Waals surface area (Å²) in [6, 6.07) is 3.32. The monoisotopic (exact) mass is 370 g/mol. The van der Waals surface area contributed by atoms with Crippen molar-refractivity contribution in [1.29, 1.82) is 0 Å². The number of aliphatic hydroxyl groups excluding tert-OH is 1. The molecule has 1 aliphatic carbocycles. The molecule has 0 radical (unpaired) electrons. The van der Waals surface area contributed by atoms with Gasteiger partial charge in [-0.05, 0) is 36.8 Å². The van der Waals surface area contributed by atoms with E-state index < -0.39 is 12.1 Å². The van der Waals surface area contributed by atoms with Gasteiger partial charge in [0.2, 0.25) is 0 Å². The van der Waals surface area contributed by atoms with Crippen LogP contribution in [-0.4, -0.2) is 63.0 Å². The van der Waals surface area contributed by atoms with Crippen LogP contribution in [-0.2, 0) is 4.74 Å². The third kappa shape index (κ3) is 3.32. The van der Waals surface area contributed by atoms with Gasteiger partial charge in [0.15, 0.2) is 0 Å². The molecule has 0 spiro atoms. The molecule has 4 rings (SSSR count). The Morgan fingerprint density at radius 3 is 2.63 bits per heavy atom. The number of likely N-dealkylation sites (tertiary alicyclic amines) is 1. The zero-order chi connectivity index (χ0) is 19.0. The van der Waals surface area contributed by atoms with E-state index in [0.717, 1.165) is 6.42 Å². The van der Waals surface area contributed by atoms with E-state index in [4.69, 9.17) is 4.74 Å². The second-order valence-corrected chi connectivity index (χ2v) is 7.28. The molecule has 1 saturated heterocycles. The minimum atomic E-state index is -0.516. The number of fused-ring (bicyclic) bond motifs is 1. The SMILES string of the molecule is COC(=O)c1cncc(C(=O)N2C[C@H]3C[C@@H](n4cccn4)[C@H](O)C[C@H]3C2)c1.